The fourth-order valence-corrected chi connectivity index (χ4v) is 2.83. The second-order valence-electron chi connectivity index (χ2n) is 6.24. The molecule has 0 unspecified atom stereocenters. The number of ether oxygens (including phenoxy) is 1. The lowest BCUT2D eigenvalue weighted by Crippen LogP contribution is -2.26. The van der Waals surface area contributed by atoms with Gasteiger partial charge in [0.1, 0.15) is 5.75 Å². The summed E-state index contributed by atoms with van der Waals surface area (Å²) in [5.74, 6) is -0.581. The first-order chi connectivity index (χ1) is 13.0. The number of rotatable bonds is 7. The smallest absolute Gasteiger partial charge is 0.305 e. The maximum absolute atomic E-state index is 12.2. The number of hydrogen-bond acceptors (Lipinski definition) is 4. The fourth-order valence-electron chi connectivity index (χ4n) is 2.83. The Morgan fingerprint density at radius 2 is 1.85 bits per heavy atom. The standard InChI is InChI=1S/C20H20N2O5/c23-18(12-13-1-6-17-15(11-13)8-10-27-17)22-16-4-2-14(3-5-16)20(26)21-9-7-19(24)25/h1-6,11H,7-10,12H2,(H,21,26)(H,22,23)(H,24,25). The fraction of sp³-hybridized carbons (Fsp3) is 0.250. The van der Waals surface area contributed by atoms with Crippen molar-refractivity contribution in [2.45, 2.75) is 19.3 Å². The number of hydrogen-bond donors (Lipinski definition) is 3. The highest BCUT2D eigenvalue weighted by atomic mass is 16.5. The van der Waals surface area contributed by atoms with Crippen LogP contribution in [0.25, 0.3) is 0 Å². The zero-order chi connectivity index (χ0) is 19.2. The van der Waals surface area contributed by atoms with Crippen molar-refractivity contribution in [2.75, 3.05) is 18.5 Å². The van der Waals surface area contributed by atoms with Gasteiger partial charge < -0.3 is 20.5 Å². The van der Waals surface area contributed by atoms with Gasteiger partial charge in [-0.2, -0.15) is 0 Å². The van der Waals surface area contributed by atoms with Gasteiger partial charge in [-0.25, -0.2) is 0 Å². The quantitative estimate of drug-likeness (QED) is 0.693. The molecule has 0 saturated carbocycles. The van der Waals surface area contributed by atoms with Crippen LogP contribution in [0.15, 0.2) is 42.5 Å². The molecule has 140 valence electrons. The Morgan fingerprint density at radius 3 is 2.59 bits per heavy atom. The van der Waals surface area contributed by atoms with E-state index in [2.05, 4.69) is 10.6 Å². The van der Waals surface area contributed by atoms with Crippen LogP contribution in [0.1, 0.15) is 27.9 Å². The molecule has 1 aliphatic rings. The predicted molar refractivity (Wildman–Crippen MR) is 99.0 cm³/mol. The summed E-state index contributed by atoms with van der Waals surface area (Å²) in [6.45, 7) is 0.750. The molecule has 3 N–H and O–H groups in total. The van der Waals surface area contributed by atoms with Crippen LogP contribution in [0.2, 0.25) is 0 Å². The molecule has 2 amide bonds. The summed E-state index contributed by atoms with van der Waals surface area (Å²) < 4.78 is 5.46. The van der Waals surface area contributed by atoms with Gasteiger partial charge in [-0.3, -0.25) is 14.4 Å². The van der Waals surface area contributed by atoms with Gasteiger partial charge in [-0.15, -0.1) is 0 Å². The van der Waals surface area contributed by atoms with E-state index < -0.39 is 5.97 Å². The zero-order valence-electron chi connectivity index (χ0n) is 14.7. The summed E-state index contributed by atoms with van der Waals surface area (Å²) in [5.41, 5.74) is 3.04. The van der Waals surface area contributed by atoms with Gasteiger partial charge in [0, 0.05) is 24.2 Å². The van der Waals surface area contributed by atoms with Gasteiger partial charge in [-0.05, 0) is 41.5 Å². The first kappa shape index (κ1) is 18.4. The molecule has 0 saturated heterocycles. The number of aliphatic carboxylic acids is 1. The molecule has 0 aromatic heterocycles. The third-order valence-corrected chi connectivity index (χ3v) is 4.17. The summed E-state index contributed by atoms with van der Waals surface area (Å²) in [5, 5.41) is 13.9. The highest BCUT2D eigenvalue weighted by Crippen LogP contribution is 2.26. The molecule has 0 spiro atoms. The number of carboxylic acids is 1. The molecule has 0 aliphatic carbocycles. The van der Waals surface area contributed by atoms with Crippen LogP contribution in [0.4, 0.5) is 5.69 Å². The summed E-state index contributed by atoms with van der Waals surface area (Å²) in [6, 6.07) is 12.2. The monoisotopic (exact) mass is 368 g/mol. The number of carboxylic acid groups (broad SMARTS) is 1. The molecule has 3 rings (SSSR count). The molecule has 1 heterocycles. The van der Waals surface area contributed by atoms with Gasteiger partial charge >= 0.3 is 5.97 Å². The van der Waals surface area contributed by atoms with E-state index in [1.54, 1.807) is 24.3 Å². The second kappa shape index (κ2) is 8.35. The van der Waals surface area contributed by atoms with Crippen molar-refractivity contribution < 1.29 is 24.2 Å². The van der Waals surface area contributed by atoms with Crippen LogP contribution in [-0.4, -0.2) is 36.0 Å². The number of benzene rings is 2. The Labute approximate surface area is 156 Å². The Hall–Kier alpha value is -3.35. The van der Waals surface area contributed by atoms with Crippen molar-refractivity contribution >= 4 is 23.5 Å². The largest absolute Gasteiger partial charge is 0.493 e. The highest BCUT2D eigenvalue weighted by molar-refractivity contribution is 5.96. The molecule has 7 heteroatoms. The minimum absolute atomic E-state index is 0.0679. The van der Waals surface area contributed by atoms with Crippen LogP contribution < -0.4 is 15.4 Å². The number of carbonyl (C=O) groups is 3. The lowest BCUT2D eigenvalue weighted by atomic mass is 10.1. The number of carbonyl (C=O) groups excluding carboxylic acids is 2. The van der Waals surface area contributed by atoms with Crippen molar-refractivity contribution in [3.8, 4) is 5.75 Å². The molecule has 2 aromatic carbocycles. The van der Waals surface area contributed by atoms with E-state index >= 15 is 0 Å². The van der Waals surface area contributed by atoms with Gasteiger partial charge in [0.25, 0.3) is 5.91 Å². The molecule has 27 heavy (non-hydrogen) atoms. The average Bonchev–Trinajstić information content (AvgIpc) is 3.09. The van der Waals surface area contributed by atoms with Crippen molar-refractivity contribution in [3.05, 3.63) is 59.2 Å². The van der Waals surface area contributed by atoms with E-state index in [-0.39, 0.29) is 31.2 Å². The van der Waals surface area contributed by atoms with Crippen LogP contribution in [0.5, 0.6) is 5.75 Å². The summed E-state index contributed by atoms with van der Waals surface area (Å²) >= 11 is 0. The molecule has 2 aromatic rings. The maximum Gasteiger partial charge on any atom is 0.305 e. The molecular weight excluding hydrogens is 348 g/mol. The second-order valence-corrected chi connectivity index (χ2v) is 6.24. The van der Waals surface area contributed by atoms with E-state index in [9.17, 15) is 14.4 Å². The predicted octanol–water partition coefficient (Wildman–Crippen LogP) is 2.01. The highest BCUT2D eigenvalue weighted by Gasteiger charge is 2.13. The lowest BCUT2D eigenvalue weighted by molar-refractivity contribution is -0.136. The first-order valence-electron chi connectivity index (χ1n) is 8.66. The Bertz CT molecular complexity index is 861. The molecule has 0 bridgehead atoms. The maximum atomic E-state index is 12.2. The lowest BCUT2D eigenvalue weighted by Gasteiger charge is -2.08. The van der Waals surface area contributed by atoms with Gasteiger partial charge in [0.15, 0.2) is 0 Å². The van der Waals surface area contributed by atoms with Crippen molar-refractivity contribution in [3.63, 3.8) is 0 Å². The molecule has 7 nitrogen and oxygen atoms in total. The molecule has 0 radical (unpaired) electrons. The van der Waals surface area contributed by atoms with Crippen LogP contribution in [-0.2, 0) is 22.4 Å². The minimum atomic E-state index is -0.968. The summed E-state index contributed by atoms with van der Waals surface area (Å²) in [4.78, 5) is 34.6. The Morgan fingerprint density at radius 1 is 1.07 bits per heavy atom. The van der Waals surface area contributed by atoms with Gasteiger partial charge in [0.2, 0.25) is 5.91 Å². The van der Waals surface area contributed by atoms with E-state index in [0.717, 1.165) is 23.3 Å². The first-order valence-corrected chi connectivity index (χ1v) is 8.66. The van der Waals surface area contributed by atoms with Crippen LogP contribution >= 0.6 is 0 Å². The Kier molecular flexibility index (Phi) is 5.71. The summed E-state index contributed by atoms with van der Waals surface area (Å²) in [6.07, 6.45) is 0.986. The summed E-state index contributed by atoms with van der Waals surface area (Å²) in [7, 11) is 0. The van der Waals surface area contributed by atoms with Crippen molar-refractivity contribution in [1.82, 2.24) is 5.32 Å². The van der Waals surface area contributed by atoms with Crippen molar-refractivity contribution in [2.24, 2.45) is 0 Å². The average molecular weight is 368 g/mol. The number of nitrogens with one attached hydrogen (secondary N) is 2. The SMILES string of the molecule is O=C(O)CCNC(=O)c1ccc(NC(=O)Cc2ccc3c(c2)CCO3)cc1. The minimum Gasteiger partial charge on any atom is -0.493 e. The van der Waals surface area contributed by atoms with Crippen molar-refractivity contribution in [1.29, 1.82) is 0 Å². The Balaban J connectivity index is 1.52. The number of anilines is 1. The van der Waals surface area contributed by atoms with Crippen LogP contribution in [0.3, 0.4) is 0 Å². The van der Waals surface area contributed by atoms with Crippen LogP contribution in [0, 0.1) is 0 Å². The zero-order valence-corrected chi connectivity index (χ0v) is 14.7. The van der Waals surface area contributed by atoms with E-state index in [4.69, 9.17) is 9.84 Å². The molecule has 0 atom stereocenters. The third kappa shape index (κ3) is 5.07. The molecule has 0 fully saturated rings. The topological polar surface area (TPSA) is 105 Å². The number of amides is 2. The normalized spacial score (nSPS) is 12.0. The third-order valence-electron chi connectivity index (χ3n) is 4.17. The number of fused-ring (bicyclic) bond motifs is 1. The van der Waals surface area contributed by atoms with E-state index in [0.29, 0.717) is 17.9 Å². The molecular formula is C20H20N2O5. The van der Waals surface area contributed by atoms with Gasteiger partial charge in [0.05, 0.1) is 19.4 Å². The van der Waals surface area contributed by atoms with Gasteiger partial charge in [-0.1, -0.05) is 12.1 Å². The molecule has 1 aliphatic heterocycles. The van der Waals surface area contributed by atoms with E-state index in [1.807, 2.05) is 18.2 Å². The van der Waals surface area contributed by atoms with E-state index in [1.165, 1.54) is 0 Å².